The van der Waals surface area contributed by atoms with Crippen LogP contribution in [0.3, 0.4) is 0 Å². The Morgan fingerprint density at radius 3 is 2.81 bits per heavy atom. The summed E-state index contributed by atoms with van der Waals surface area (Å²) < 4.78 is 0. The minimum absolute atomic E-state index is 0.400. The molecular weight excluding hydrogens is 198 g/mol. The van der Waals surface area contributed by atoms with Gasteiger partial charge in [-0.05, 0) is 44.0 Å². The number of hydrogen-bond acceptors (Lipinski definition) is 2. The largest absolute Gasteiger partial charge is 0.342 e. The van der Waals surface area contributed by atoms with Crippen molar-refractivity contribution in [2.24, 2.45) is 5.73 Å². The van der Waals surface area contributed by atoms with Crippen molar-refractivity contribution in [1.82, 2.24) is 9.97 Å². The van der Waals surface area contributed by atoms with E-state index in [1.54, 1.807) is 0 Å². The summed E-state index contributed by atoms with van der Waals surface area (Å²) in [5, 5.41) is 0. The number of nitrogens with zero attached hydrogens (tertiary/aromatic N) is 1. The van der Waals surface area contributed by atoms with Crippen LogP contribution in [0.2, 0.25) is 0 Å². The van der Waals surface area contributed by atoms with E-state index < -0.39 is 0 Å². The predicted molar refractivity (Wildman–Crippen MR) is 67.7 cm³/mol. The van der Waals surface area contributed by atoms with Gasteiger partial charge in [0.25, 0.3) is 0 Å². The van der Waals surface area contributed by atoms with Crippen LogP contribution in [0.15, 0.2) is 12.1 Å². The van der Waals surface area contributed by atoms with Gasteiger partial charge in [-0.15, -0.1) is 0 Å². The molecule has 0 aliphatic heterocycles. The summed E-state index contributed by atoms with van der Waals surface area (Å²) in [4.78, 5) is 8.06. The molecule has 0 spiro atoms. The van der Waals surface area contributed by atoms with E-state index in [2.05, 4.69) is 42.9 Å². The molecule has 1 unspecified atom stereocenters. The first-order chi connectivity index (χ1) is 7.61. The lowest BCUT2D eigenvalue weighted by atomic mass is 10.1. The van der Waals surface area contributed by atoms with Crippen LogP contribution in [0, 0.1) is 13.8 Å². The molecular formula is C13H19N3. The highest BCUT2D eigenvalue weighted by atomic mass is 14.9. The standard InChI is InChI=1S/C13H19N3/c1-8-6-10(3)12-11(7-8)15-13(16-12)9(2)4-5-14/h6-7,9H,4-5,14H2,1-3H3,(H,15,16). The highest BCUT2D eigenvalue weighted by Crippen LogP contribution is 2.22. The Bertz CT molecular complexity index is 499. The smallest absolute Gasteiger partial charge is 0.110 e. The molecule has 3 nitrogen and oxygen atoms in total. The van der Waals surface area contributed by atoms with E-state index in [4.69, 9.17) is 5.73 Å². The molecule has 0 fully saturated rings. The van der Waals surface area contributed by atoms with Crippen molar-refractivity contribution >= 4 is 11.0 Å². The van der Waals surface area contributed by atoms with Gasteiger partial charge in [-0.2, -0.15) is 0 Å². The van der Waals surface area contributed by atoms with Gasteiger partial charge >= 0.3 is 0 Å². The van der Waals surface area contributed by atoms with Crippen LogP contribution in [-0.4, -0.2) is 16.5 Å². The molecule has 0 saturated heterocycles. The fourth-order valence-electron chi connectivity index (χ4n) is 2.11. The van der Waals surface area contributed by atoms with Gasteiger partial charge in [-0.25, -0.2) is 4.98 Å². The van der Waals surface area contributed by atoms with E-state index in [-0.39, 0.29) is 0 Å². The van der Waals surface area contributed by atoms with Crippen molar-refractivity contribution in [2.75, 3.05) is 6.54 Å². The number of hydrogen-bond donors (Lipinski definition) is 2. The number of aryl methyl sites for hydroxylation is 2. The molecule has 2 rings (SSSR count). The molecule has 3 N–H and O–H groups in total. The Kier molecular flexibility index (Phi) is 2.97. The first-order valence-electron chi connectivity index (χ1n) is 5.78. The zero-order valence-corrected chi connectivity index (χ0v) is 10.2. The molecule has 1 aromatic heterocycles. The van der Waals surface area contributed by atoms with Gasteiger partial charge in [0.15, 0.2) is 0 Å². The van der Waals surface area contributed by atoms with Gasteiger partial charge in [0.2, 0.25) is 0 Å². The minimum Gasteiger partial charge on any atom is -0.342 e. The first-order valence-corrected chi connectivity index (χ1v) is 5.78. The van der Waals surface area contributed by atoms with Crippen LogP contribution in [0.4, 0.5) is 0 Å². The van der Waals surface area contributed by atoms with Crippen molar-refractivity contribution in [3.05, 3.63) is 29.1 Å². The second kappa shape index (κ2) is 4.26. The summed E-state index contributed by atoms with van der Waals surface area (Å²) in [6, 6.07) is 4.31. The van der Waals surface area contributed by atoms with E-state index in [1.165, 1.54) is 11.1 Å². The summed E-state index contributed by atoms with van der Waals surface area (Å²) in [5.41, 5.74) is 10.3. The highest BCUT2D eigenvalue weighted by molar-refractivity contribution is 5.79. The van der Waals surface area contributed by atoms with Gasteiger partial charge in [0, 0.05) is 5.92 Å². The monoisotopic (exact) mass is 217 g/mol. The SMILES string of the molecule is Cc1cc(C)c2nc(C(C)CCN)[nH]c2c1. The van der Waals surface area contributed by atoms with E-state index in [1.807, 2.05) is 0 Å². The molecule has 16 heavy (non-hydrogen) atoms. The van der Waals surface area contributed by atoms with E-state index in [0.29, 0.717) is 12.5 Å². The third kappa shape index (κ3) is 1.95. The van der Waals surface area contributed by atoms with E-state index in [0.717, 1.165) is 23.3 Å². The number of nitrogens with one attached hydrogen (secondary N) is 1. The average Bonchev–Trinajstić information content (AvgIpc) is 2.62. The Morgan fingerprint density at radius 1 is 1.38 bits per heavy atom. The van der Waals surface area contributed by atoms with Gasteiger partial charge in [0.1, 0.15) is 5.82 Å². The molecule has 1 heterocycles. The molecule has 0 aliphatic rings. The lowest BCUT2D eigenvalue weighted by Gasteiger charge is -2.04. The van der Waals surface area contributed by atoms with Crippen molar-refractivity contribution in [3.63, 3.8) is 0 Å². The number of rotatable bonds is 3. The van der Waals surface area contributed by atoms with Crippen LogP contribution < -0.4 is 5.73 Å². The number of aromatic amines is 1. The van der Waals surface area contributed by atoms with Crippen molar-refractivity contribution < 1.29 is 0 Å². The molecule has 0 amide bonds. The molecule has 0 bridgehead atoms. The maximum atomic E-state index is 5.57. The number of benzene rings is 1. The van der Waals surface area contributed by atoms with E-state index in [9.17, 15) is 0 Å². The lowest BCUT2D eigenvalue weighted by molar-refractivity contribution is 0.657. The first kappa shape index (κ1) is 11.1. The molecule has 2 aromatic rings. The summed E-state index contributed by atoms with van der Waals surface area (Å²) in [6.45, 7) is 7.08. The summed E-state index contributed by atoms with van der Waals surface area (Å²) >= 11 is 0. The number of imidazole rings is 1. The molecule has 1 aromatic carbocycles. The third-order valence-corrected chi connectivity index (χ3v) is 3.01. The number of fused-ring (bicyclic) bond motifs is 1. The Labute approximate surface area is 96.1 Å². The summed E-state index contributed by atoms with van der Waals surface area (Å²) in [6.07, 6.45) is 0.970. The van der Waals surface area contributed by atoms with Gasteiger partial charge in [-0.3, -0.25) is 0 Å². The average molecular weight is 217 g/mol. The molecule has 1 atom stereocenters. The molecule has 86 valence electrons. The highest BCUT2D eigenvalue weighted by Gasteiger charge is 2.11. The van der Waals surface area contributed by atoms with Crippen LogP contribution in [0.5, 0.6) is 0 Å². The summed E-state index contributed by atoms with van der Waals surface area (Å²) in [7, 11) is 0. The zero-order chi connectivity index (χ0) is 11.7. The molecule has 0 saturated carbocycles. The quantitative estimate of drug-likeness (QED) is 0.830. The van der Waals surface area contributed by atoms with Crippen LogP contribution in [-0.2, 0) is 0 Å². The fourth-order valence-corrected chi connectivity index (χ4v) is 2.11. The minimum atomic E-state index is 0.400. The van der Waals surface area contributed by atoms with Gasteiger partial charge < -0.3 is 10.7 Å². The second-order valence-electron chi connectivity index (χ2n) is 4.58. The lowest BCUT2D eigenvalue weighted by Crippen LogP contribution is -2.05. The predicted octanol–water partition coefficient (Wildman–Crippen LogP) is 2.63. The molecule has 0 radical (unpaired) electrons. The van der Waals surface area contributed by atoms with Crippen LogP contribution in [0.25, 0.3) is 11.0 Å². The van der Waals surface area contributed by atoms with Gasteiger partial charge in [0.05, 0.1) is 11.0 Å². The van der Waals surface area contributed by atoms with Crippen LogP contribution >= 0.6 is 0 Å². The summed E-state index contributed by atoms with van der Waals surface area (Å²) in [5.74, 6) is 1.45. The normalized spacial score (nSPS) is 13.2. The van der Waals surface area contributed by atoms with Crippen molar-refractivity contribution in [2.45, 2.75) is 33.1 Å². The second-order valence-corrected chi connectivity index (χ2v) is 4.58. The number of H-pyrrole nitrogens is 1. The Morgan fingerprint density at radius 2 is 2.12 bits per heavy atom. The topological polar surface area (TPSA) is 54.7 Å². The van der Waals surface area contributed by atoms with Crippen LogP contribution in [0.1, 0.15) is 36.2 Å². The van der Waals surface area contributed by atoms with Gasteiger partial charge in [-0.1, -0.05) is 13.0 Å². The molecule has 3 heteroatoms. The van der Waals surface area contributed by atoms with Crippen molar-refractivity contribution in [1.29, 1.82) is 0 Å². The van der Waals surface area contributed by atoms with Crippen molar-refractivity contribution in [3.8, 4) is 0 Å². The third-order valence-electron chi connectivity index (χ3n) is 3.01. The Balaban J connectivity index is 2.47. The maximum Gasteiger partial charge on any atom is 0.110 e. The zero-order valence-electron chi connectivity index (χ0n) is 10.2. The fraction of sp³-hybridized carbons (Fsp3) is 0.462. The number of nitrogens with two attached hydrogens (primary N) is 1. The Hall–Kier alpha value is -1.35. The number of aromatic nitrogens is 2. The van der Waals surface area contributed by atoms with E-state index >= 15 is 0 Å². The maximum absolute atomic E-state index is 5.57. The molecule has 0 aliphatic carbocycles.